The Morgan fingerprint density at radius 2 is 1.54 bits per heavy atom. The van der Waals surface area contributed by atoms with Crippen LogP contribution in [0.1, 0.15) is 18.9 Å². The summed E-state index contributed by atoms with van der Waals surface area (Å²) in [6.07, 6.45) is 1.31. The lowest BCUT2D eigenvalue weighted by molar-refractivity contribution is -0.140. The lowest BCUT2D eigenvalue weighted by atomic mass is 10.1. The second-order valence-electron chi connectivity index (χ2n) is 8.37. The number of nitrogens with zero attached hydrogens (tertiary/aromatic N) is 2. The number of amides is 2. The van der Waals surface area contributed by atoms with Gasteiger partial charge < -0.3 is 15.0 Å². The number of anilines is 1. The largest absolute Gasteiger partial charge is 0.457 e. The van der Waals surface area contributed by atoms with Crippen molar-refractivity contribution < 1.29 is 27.1 Å². The van der Waals surface area contributed by atoms with Crippen molar-refractivity contribution >= 4 is 27.5 Å². The second-order valence-corrected chi connectivity index (χ2v) is 10.3. The van der Waals surface area contributed by atoms with E-state index in [0.717, 1.165) is 10.6 Å². The average Bonchev–Trinajstić information content (AvgIpc) is 2.88. The smallest absolute Gasteiger partial charge is 0.244 e. The van der Waals surface area contributed by atoms with E-state index < -0.39 is 34.3 Å². The molecule has 0 bridgehead atoms. The highest BCUT2D eigenvalue weighted by Gasteiger charge is 2.31. The number of carbonyl (C=O) groups is 2. The van der Waals surface area contributed by atoms with E-state index in [9.17, 15) is 22.4 Å². The van der Waals surface area contributed by atoms with Crippen molar-refractivity contribution in [2.45, 2.75) is 25.9 Å². The van der Waals surface area contributed by atoms with Gasteiger partial charge in [0, 0.05) is 13.6 Å². The maximum absolute atomic E-state index is 13.5. The van der Waals surface area contributed by atoms with E-state index in [-0.39, 0.29) is 18.1 Å². The van der Waals surface area contributed by atoms with Gasteiger partial charge in [0.15, 0.2) is 0 Å². The van der Waals surface area contributed by atoms with Crippen molar-refractivity contribution in [1.82, 2.24) is 10.2 Å². The number of sulfonamides is 1. The molecule has 8 nitrogen and oxygen atoms in total. The standard InChI is InChI=1S/C27H30FN3O5S/c1-4-25(27(33)29-2)30(18-20-10-12-21(28)13-11-20)26(32)19-31(37(3,34)35)22-14-16-24(17-15-22)36-23-8-6-5-7-9-23/h5-17,25H,4,18-19H2,1-3H3,(H,29,33)/t25-/m0/s1. The fraction of sp³-hybridized carbons (Fsp3) is 0.259. The number of likely N-dealkylation sites (N-methyl/N-ethyl adjacent to an activating group) is 1. The zero-order valence-electron chi connectivity index (χ0n) is 20.9. The molecule has 0 aliphatic carbocycles. The molecule has 0 aliphatic heterocycles. The Labute approximate surface area is 216 Å². The van der Waals surface area contributed by atoms with Crippen molar-refractivity contribution in [1.29, 1.82) is 0 Å². The molecule has 0 unspecified atom stereocenters. The van der Waals surface area contributed by atoms with Gasteiger partial charge in [-0.15, -0.1) is 0 Å². The topological polar surface area (TPSA) is 96.0 Å². The number of nitrogens with one attached hydrogen (secondary N) is 1. The summed E-state index contributed by atoms with van der Waals surface area (Å²) in [5.74, 6) is -0.260. The molecule has 1 atom stereocenters. The summed E-state index contributed by atoms with van der Waals surface area (Å²) < 4.78 is 45.5. The Bertz CT molecular complexity index is 1300. The number of hydrogen-bond donors (Lipinski definition) is 1. The quantitative estimate of drug-likeness (QED) is 0.408. The zero-order valence-corrected chi connectivity index (χ0v) is 21.7. The third-order valence-electron chi connectivity index (χ3n) is 5.68. The molecule has 0 aliphatic rings. The third kappa shape index (κ3) is 7.53. The molecule has 2 amide bonds. The molecule has 3 aromatic rings. The van der Waals surface area contributed by atoms with Crippen molar-refractivity contribution in [2.24, 2.45) is 0 Å². The molecular weight excluding hydrogens is 497 g/mol. The summed E-state index contributed by atoms with van der Waals surface area (Å²) in [7, 11) is -2.39. The Kier molecular flexibility index (Phi) is 9.24. The monoisotopic (exact) mass is 527 g/mol. The zero-order chi connectivity index (χ0) is 27.0. The van der Waals surface area contributed by atoms with E-state index >= 15 is 0 Å². The highest BCUT2D eigenvalue weighted by Crippen LogP contribution is 2.26. The molecule has 3 aromatic carbocycles. The van der Waals surface area contributed by atoms with Crippen LogP contribution in [0.25, 0.3) is 0 Å². The summed E-state index contributed by atoms with van der Waals surface area (Å²) in [6, 6.07) is 20.2. The van der Waals surface area contributed by atoms with Crippen LogP contribution in [-0.2, 0) is 26.2 Å². The van der Waals surface area contributed by atoms with Gasteiger partial charge in [0.25, 0.3) is 0 Å². The SMILES string of the molecule is CC[C@@H](C(=O)NC)N(Cc1ccc(F)cc1)C(=O)CN(c1ccc(Oc2ccccc2)cc1)S(C)(=O)=O. The van der Waals surface area contributed by atoms with Crippen LogP contribution in [0.3, 0.4) is 0 Å². The molecule has 0 spiro atoms. The Morgan fingerprint density at radius 1 is 0.946 bits per heavy atom. The van der Waals surface area contributed by atoms with Crippen LogP contribution in [0.2, 0.25) is 0 Å². The molecule has 0 saturated heterocycles. The summed E-state index contributed by atoms with van der Waals surface area (Å²) in [5, 5.41) is 2.55. The predicted octanol–water partition coefficient (Wildman–Crippen LogP) is 3.94. The van der Waals surface area contributed by atoms with Crippen molar-refractivity contribution in [3.05, 3.63) is 90.2 Å². The number of ether oxygens (including phenoxy) is 1. The molecule has 0 aromatic heterocycles. The Morgan fingerprint density at radius 3 is 2.08 bits per heavy atom. The van der Waals surface area contributed by atoms with E-state index in [1.165, 1.54) is 36.2 Å². The first-order valence-corrected chi connectivity index (χ1v) is 13.5. The first kappa shape index (κ1) is 27.7. The summed E-state index contributed by atoms with van der Waals surface area (Å²) in [5.41, 5.74) is 0.872. The fourth-order valence-electron chi connectivity index (χ4n) is 3.79. The van der Waals surface area contributed by atoms with Crippen molar-refractivity contribution in [2.75, 3.05) is 24.2 Å². The van der Waals surface area contributed by atoms with Gasteiger partial charge in [-0.25, -0.2) is 12.8 Å². The second kappa shape index (κ2) is 12.4. The molecule has 37 heavy (non-hydrogen) atoms. The number of rotatable bonds is 11. The van der Waals surface area contributed by atoms with Gasteiger partial charge in [-0.05, 0) is 60.5 Å². The normalized spacial score (nSPS) is 11.9. The highest BCUT2D eigenvalue weighted by atomic mass is 32.2. The van der Waals surface area contributed by atoms with Crippen LogP contribution in [0, 0.1) is 5.82 Å². The van der Waals surface area contributed by atoms with Crippen LogP contribution in [-0.4, -0.2) is 51.0 Å². The lowest BCUT2D eigenvalue weighted by Crippen LogP contribution is -2.51. The Hall–Kier alpha value is -3.92. The minimum Gasteiger partial charge on any atom is -0.457 e. The van der Waals surface area contributed by atoms with Gasteiger partial charge in [0.2, 0.25) is 21.8 Å². The van der Waals surface area contributed by atoms with E-state index in [4.69, 9.17) is 4.74 Å². The van der Waals surface area contributed by atoms with Crippen LogP contribution in [0.4, 0.5) is 10.1 Å². The van der Waals surface area contributed by atoms with Gasteiger partial charge in [0.1, 0.15) is 29.9 Å². The number of halogens is 1. The fourth-order valence-corrected chi connectivity index (χ4v) is 4.64. The Balaban J connectivity index is 1.87. The van der Waals surface area contributed by atoms with Gasteiger partial charge in [-0.1, -0.05) is 37.3 Å². The van der Waals surface area contributed by atoms with Crippen LogP contribution in [0.15, 0.2) is 78.9 Å². The van der Waals surface area contributed by atoms with Crippen molar-refractivity contribution in [3.8, 4) is 11.5 Å². The van der Waals surface area contributed by atoms with Crippen LogP contribution >= 0.6 is 0 Å². The van der Waals surface area contributed by atoms with E-state index in [1.807, 2.05) is 18.2 Å². The lowest BCUT2D eigenvalue weighted by Gasteiger charge is -2.32. The minimum absolute atomic E-state index is 0.00644. The molecule has 3 rings (SSSR count). The summed E-state index contributed by atoms with van der Waals surface area (Å²) in [6.45, 7) is 1.24. The maximum atomic E-state index is 13.5. The number of benzene rings is 3. The minimum atomic E-state index is -3.86. The first-order chi connectivity index (χ1) is 17.6. The molecule has 0 heterocycles. The van der Waals surface area contributed by atoms with Gasteiger partial charge in [-0.2, -0.15) is 0 Å². The molecule has 1 N–H and O–H groups in total. The average molecular weight is 528 g/mol. The van der Waals surface area contributed by atoms with Gasteiger partial charge in [0.05, 0.1) is 11.9 Å². The summed E-state index contributed by atoms with van der Waals surface area (Å²) >= 11 is 0. The summed E-state index contributed by atoms with van der Waals surface area (Å²) in [4.78, 5) is 27.4. The van der Waals surface area contributed by atoms with Crippen LogP contribution in [0.5, 0.6) is 11.5 Å². The van der Waals surface area contributed by atoms with Gasteiger partial charge >= 0.3 is 0 Å². The maximum Gasteiger partial charge on any atom is 0.244 e. The van der Waals surface area contributed by atoms with E-state index in [0.29, 0.717) is 23.5 Å². The molecule has 0 fully saturated rings. The molecule has 10 heteroatoms. The van der Waals surface area contributed by atoms with Gasteiger partial charge in [-0.3, -0.25) is 13.9 Å². The molecule has 0 saturated carbocycles. The number of carbonyl (C=O) groups excluding carboxylic acids is 2. The third-order valence-corrected chi connectivity index (χ3v) is 6.82. The number of hydrogen-bond acceptors (Lipinski definition) is 5. The molecular formula is C27H30FN3O5S. The van der Waals surface area contributed by atoms with Crippen LogP contribution < -0.4 is 14.4 Å². The van der Waals surface area contributed by atoms with E-state index in [2.05, 4.69) is 5.32 Å². The molecule has 196 valence electrons. The van der Waals surface area contributed by atoms with E-state index in [1.54, 1.807) is 43.3 Å². The predicted molar refractivity (Wildman–Crippen MR) is 140 cm³/mol. The van der Waals surface area contributed by atoms with Crippen molar-refractivity contribution in [3.63, 3.8) is 0 Å². The molecule has 0 radical (unpaired) electrons. The first-order valence-electron chi connectivity index (χ1n) is 11.7. The highest BCUT2D eigenvalue weighted by molar-refractivity contribution is 7.92. The number of para-hydroxylation sites is 1.